The molecule has 0 aliphatic carbocycles. The molecule has 0 atom stereocenters. The molecule has 0 rings (SSSR count). The van der Waals surface area contributed by atoms with Gasteiger partial charge in [0.2, 0.25) is 0 Å². The van der Waals surface area contributed by atoms with Crippen LogP contribution < -0.4 is 5.48 Å². The predicted molar refractivity (Wildman–Crippen MR) is 63.0 cm³/mol. The number of carboxylic acid groups (broad SMARTS) is 1. The summed E-state index contributed by atoms with van der Waals surface area (Å²) in [6, 6.07) is 0. The van der Waals surface area contributed by atoms with E-state index in [0.717, 1.165) is 0 Å². The van der Waals surface area contributed by atoms with Crippen LogP contribution in [-0.2, 0) is 28.7 Å². The average Bonchev–Trinajstić information content (AvgIpc) is 2.34. The van der Waals surface area contributed by atoms with Crippen LogP contribution in [0.25, 0.3) is 0 Å². The van der Waals surface area contributed by atoms with Gasteiger partial charge in [0.25, 0.3) is 5.41 Å². The fourth-order valence-electron chi connectivity index (χ4n) is 1.25. The highest BCUT2D eigenvalue weighted by Gasteiger charge is 2.56. The van der Waals surface area contributed by atoms with Gasteiger partial charge in [0.1, 0.15) is 0 Å². The first-order valence-corrected chi connectivity index (χ1v) is 5.89. The molecule has 0 aromatic heterocycles. The van der Waals surface area contributed by atoms with Gasteiger partial charge in [-0.1, -0.05) is 0 Å². The summed E-state index contributed by atoms with van der Waals surface area (Å²) in [5.74, 6) is -4.03. The lowest BCUT2D eigenvalue weighted by Gasteiger charge is -2.24. The van der Waals surface area contributed by atoms with Gasteiger partial charge in [-0.15, -0.1) is 0 Å². The molecule has 0 heterocycles. The lowest BCUT2D eigenvalue weighted by molar-refractivity contribution is -0.183. The number of hydroxylamine groups is 1. The zero-order valence-corrected chi connectivity index (χ0v) is 11.2. The second-order valence-electron chi connectivity index (χ2n) is 3.41. The number of esters is 2. The number of hydrogen-bond donors (Lipinski definition) is 2. The monoisotopic (exact) mass is 277 g/mol. The first-order valence-electron chi connectivity index (χ1n) is 5.89. The molecule has 0 radical (unpaired) electrons. The van der Waals surface area contributed by atoms with Crippen LogP contribution in [0.3, 0.4) is 0 Å². The molecule has 0 aromatic carbocycles. The summed E-state index contributed by atoms with van der Waals surface area (Å²) in [7, 11) is 0. The van der Waals surface area contributed by atoms with Crippen molar-refractivity contribution < 1.29 is 33.8 Å². The predicted octanol–water partition coefficient (Wildman–Crippen LogP) is -0.275. The van der Waals surface area contributed by atoms with E-state index < -0.39 is 29.9 Å². The van der Waals surface area contributed by atoms with Gasteiger partial charge < -0.3 is 19.4 Å². The molecule has 8 nitrogen and oxygen atoms in total. The minimum Gasteiger partial charge on any atom is -0.480 e. The quantitative estimate of drug-likeness (QED) is 0.256. The van der Waals surface area contributed by atoms with Crippen molar-refractivity contribution in [1.29, 1.82) is 0 Å². The normalized spacial score (nSPS) is 10.9. The third-order valence-electron chi connectivity index (χ3n) is 2.20. The Labute approximate surface area is 111 Å². The largest absolute Gasteiger partial charge is 0.480 e. The fourth-order valence-corrected chi connectivity index (χ4v) is 1.25. The summed E-state index contributed by atoms with van der Waals surface area (Å²) < 4.78 is 9.30. The Morgan fingerprint density at radius 1 is 1.00 bits per heavy atom. The van der Waals surface area contributed by atoms with E-state index in [9.17, 15) is 19.5 Å². The van der Waals surface area contributed by atoms with E-state index in [0.29, 0.717) is 0 Å². The fraction of sp³-hybridized carbons (Fsp3) is 0.727. The summed E-state index contributed by atoms with van der Waals surface area (Å²) in [4.78, 5) is 39.8. The maximum absolute atomic E-state index is 11.8. The first kappa shape index (κ1) is 17.3. The molecule has 0 saturated carbocycles. The van der Waals surface area contributed by atoms with E-state index >= 15 is 0 Å². The third-order valence-corrected chi connectivity index (χ3v) is 2.20. The van der Waals surface area contributed by atoms with E-state index in [1.165, 1.54) is 13.8 Å². The SMILES string of the molecule is CCONCC(C(=O)O)(C(=O)OCC)C(=O)OCC. The van der Waals surface area contributed by atoms with Crippen molar-refractivity contribution in [1.82, 2.24) is 5.48 Å². The Bertz CT molecular complexity index is 311. The Kier molecular flexibility index (Phi) is 7.69. The molecule has 0 fully saturated rings. The number of carbonyl (C=O) groups is 3. The van der Waals surface area contributed by atoms with Crippen molar-refractivity contribution in [2.45, 2.75) is 20.8 Å². The van der Waals surface area contributed by atoms with Gasteiger partial charge in [-0.25, -0.2) is 5.48 Å². The smallest absolute Gasteiger partial charge is 0.336 e. The van der Waals surface area contributed by atoms with Crippen molar-refractivity contribution in [2.75, 3.05) is 26.4 Å². The number of hydrogen-bond acceptors (Lipinski definition) is 7. The summed E-state index contributed by atoms with van der Waals surface area (Å²) in [5, 5.41) is 9.22. The maximum Gasteiger partial charge on any atom is 0.336 e. The van der Waals surface area contributed by atoms with Crippen molar-refractivity contribution in [3.05, 3.63) is 0 Å². The van der Waals surface area contributed by atoms with E-state index in [-0.39, 0.29) is 19.8 Å². The van der Waals surface area contributed by atoms with Crippen LogP contribution in [0.5, 0.6) is 0 Å². The Morgan fingerprint density at radius 3 is 1.79 bits per heavy atom. The van der Waals surface area contributed by atoms with Gasteiger partial charge in [-0.3, -0.25) is 14.4 Å². The Morgan fingerprint density at radius 2 is 1.47 bits per heavy atom. The van der Waals surface area contributed by atoms with Crippen LogP contribution >= 0.6 is 0 Å². The number of aliphatic carboxylic acids is 1. The van der Waals surface area contributed by atoms with Crippen molar-refractivity contribution in [2.24, 2.45) is 5.41 Å². The van der Waals surface area contributed by atoms with Crippen molar-refractivity contribution in [3.8, 4) is 0 Å². The van der Waals surface area contributed by atoms with Gasteiger partial charge >= 0.3 is 17.9 Å². The van der Waals surface area contributed by atoms with Gasteiger partial charge in [0.15, 0.2) is 0 Å². The minimum atomic E-state index is -2.47. The van der Waals surface area contributed by atoms with Gasteiger partial charge in [0.05, 0.1) is 26.4 Å². The van der Waals surface area contributed by atoms with E-state index in [4.69, 9.17) is 4.84 Å². The topological polar surface area (TPSA) is 111 Å². The van der Waals surface area contributed by atoms with Crippen LogP contribution in [0.4, 0.5) is 0 Å². The molecule has 0 spiro atoms. The van der Waals surface area contributed by atoms with Gasteiger partial charge in [-0.2, -0.15) is 0 Å². The average molecular weight is 277 g/mol. The van der Waals surface area contributed by atoms with Crippen LogP contribution in [0.1, 0.15) is 20.8 Å². The minimum absolute atomic E-state index is 0.0537. The third kappa shape index (κ3) is 4.18. The second kappa shape index (κ2) is 8.44. The Hall–Kier alpha value is -1.67. The van der Waals surface area contributed by atoms with Crippen molar-refractivity contribution >= 4 is 17.9 Å². The first-order chi connectivity index (χ1) is 8.97. The second-order valence-corrected chi connectivity index (χ2v) is 3.41. The van der Waals surface area contributed by atoms with Crippen LogP contribution in [0, 0.1) is 5.41 Å². The maximum atomic E-state index is 11.8. The Balaban J connectivity index is 5.28. The molecule has 2 N–H and O–H groups in total. The molecule has 0 bridgehead atoms. The lowest BCUT2D eigenvalue weighted by Crippen LogP contribution is -2.54. The molecule has 0 saturated heterocycles. The molecular formula is C11H19NO7. The zero-order chi connectivity index (χ0) is 14.9. The lowest BCUT2D eigenvalue weighted by atomic mass is 9.88. The molecular weight excluding hydrogens is 258 g/mol. The summed E-state index contributed by atoms with van der Waals surface area (Å²) in [5.41, 5.74) is -0.218. The van der Waals surface area contributed by atoms with Crippen LogP contribution in [0.15, 0.2) is 0 Å². The highest BCUT2D eigenvalue weighted by Crippen LogP contribution is 2.22. The van der Waals surface area contributed by atoms with E-state index in [2.05, 4.69) is 15.0 Å². The van der Waals surface area contributed by atoms with Gasteiger partial charge in [-0.05, 0) is 20.8 Å². The number of carbonyl (C=O) groups excluding carboxylic acids is 2. The standard InChI is InChI=1S/C11H19NO7/c1-4-17-9(15)11(8(13)14,7-12-19-6-3)10(16)18-5-2/h12H,4-7H2,1-3H3,(H,13,14). The number of carboxylic acids is 1. The molecule has 0 aromatic rings. The molecule has 0 amide bonds. The molecule has 0 aliphatic heterocycles. The summed E-state index contributed by atoms with van der Waals surface area (Å²) in [6.45, 7) is 4.22. The summed E-state index contributed by atoms with van der Waals surface area (Å²) in [6.07, 6.45) is 0. The number of nitrogens with one attached hydrogen (secondary N) is 1. The summed E-state index contributed by atoms with van der Waals surface area (Å²) >= 11 is 0. The number of ether oxygens (including phenoxy) is 2. The van der Waals surface area contributed by atoms with E-state index in [1.807, 2.05) is 0 Å². The molecule has 8 heteroatoms. The molecule has 0 unspecified atom stereocenters. The zero-order valence-electron chi connectivity index (χ0n) is 11.2. The van der Waals surface area contributed by atoms with Crippen molar-refractivity contribution in [3.63, 3.8) is 0 Å². The van der Waals surface area contributed by atoms with Gasteiger partial charge in [0, 0.05) is 0 Å². The van der Waals surface area contributed by atoms with E-state index in [1.54, 1.807) is 6.92 Å². The molecule has 110 valence electrons. The molecule has 19 heavy (non-hydrogen) atoms. The molecule has 0 aliphatic rings. The highest BCUT2D eigenvalue weighted by molar-refractivity contribution is 6.17. The van der Waals surface area contributed by atoms with Crippen LogP contribution in [-0.4, -0.2) is 49.4 Å². The van der Waals surface area contributed by atoms with Crippen LogP contribution in [0.2, 0.25) is 0 Å². The highest BCUT2D eigenvalue weighted by atomic mass is 16.6. The number of rotatable bonds is 9.